The minimum atomic E-state index is 0.0489. The number of hydrogen-bond donors (Lipinski definition) is 1. The molecule has 0 aromatic heterocycles. The van der Waals surface area contributed by atoms with Crippen LogP contribution >= 0.6 is 0 Å². The SMILES string of the molecule is CCC(CC)N(CCN)C(=O)COC(C)C. The molecule has 0 aromatic rings. The Morgan fingerprint density at radius 3 is 2.25 bits per heavy atom. The third-order valence-electron chi connectivity index (χ3n) is 2.61. The zero-order valence-corrected chi connectivity index (χ0v) is 11.0. The van der Waals surface area contributed by atoms with Crippen molar-refractivity contribution in [3.8, 4) is 0 Å². The Kier molecular flexibility index (Phi) is 8.21. The molecule has 2 N–H and O–H groups in total. The normalized spacial score (nSPS) is 11.2. The van der Waals surface area contributed by atoms with Crippen LogP contribution in [0.4, 0.5) is 0 Å². The lowest BCUT2D eigenvalue weighted by atomic mass is 10.1. The van der Waals surface area contributed by atoms with E-state index in [1.165, 1.54) is 0 Å². The van der Waals surface area contributed by atoms with Crippen LogP contribution in [0.2, 0.25) is 0 Å². The topological polar surface area (TPSA) is 55.6 Å². The summed E-state index contributed by atoms with van der Waals surface area (Å²) in [6.07, 6.45) is 2.01. The minimum absolute atomic E-state index is 0.0489. The van der Waals surface area contributed by atoms with Crippen LogP contribution < -0.4 is 5.73 Å². The molecule has 0 aromatic carbocycles. The second-order valence-corrected chi connectivity index (χ2v) is 4.21. The van der Waals surface area contributed by atoms with E-state index in [1.54, 1.807) is 0 Å². The first-order valence-electron chi connectivity index (χ1n) is 6.17. The minimum Gasteiger partial charge on any atom is -0.369 e. The first kappa shape index (κ1) is 15.4. The molecular weight excluding hydrogens is 204 g/mol. The summed E-state index contributed by atoms with van der Waals surface area (Å²) in [7, 11) is 0. The highest BCUT2D eigenvalue weighted by atomic mass is 16.5. The summed E-state index contributed by atoms with van der Waals surface area (Å²) in [5.74, 6) is 0.0489. The van der Waals surface area contributed by atoms with E-state index >= 15 is 0 Å². The first-order valence-corrected chi connectivity index (χ1v) is 6.17. The molecule has 96 valence electrons. The van der Waals surface area contributed by atoms with E-state index in [4.69, 9.17) is 10.5 Å². The molecule has 0 heterocycles. The molecule has 0 saturated carbocycles. The number of carbonyl (C=O) groups is 1. The highest BCUT2D eigenvalue weighted by Crippen LogP contribution is 2.08. The summed E-state index contributed by atoms with van der Waals surface area (Å²) in [4.78, 5) is 13.8. The van der Waals surface area contributed by atoms with Gasteiger partial charge >= 0.3 is 0 Å². The van der Waals surface area contributed by atoms with Crippen LogP contribution in [0, 0.1) is 0 Å². The summed E-state index contributed by atoms with van der Waals surface area (Å²) in [6.45, 7) is 9.32. The standard InChI is InChI=1S/C12H26N2O2/c1-5-11(6-2)14(8-7-13)12(15)9-16-10(3)4/h10-11H,5-9,13H2,1-4H3. The molecule has 0 aliphatic rings. The second kappa shape index (κ2) is 8.53. The van der Waals surface area contributed by atoms with Gasteiger partial charge in [0.05, 0.1) is 6.10 Å². The molecule has 0 aliphatic heterocycles. The largest absolute Gasteiger partial charge is 0.369 e. The average Bonchev–Trinajstić information content (AvgIpc) is 2.26. The third kappa shape index (κ3) is 5.47. The molecule has 0 aliphatic carbocycles. The molecule has 0 radical (unpaired) electrons. The lowest BCUT2D eigenvalue weighted by molar-refractivity contribution is -0.140. The van der Waals surface area contributed by atoms with Crippen LogP contribution in [0.15, 0.2) is 0 Å². The molecule has 0 fully saturated rings. The van der Waals surface area contributed by atoms with Crippen molar-refractivity contribution in [3.05, 3.63) is 0 Å². The molecular formula is C12H26N2O2. The molecule has 0 bridgehead atoms. The van der Waals surface area contributed by atoms with Crippen molar-refractivity contribution in [2.45, 2.75) is 52.7 Å². The van der Waals surface area contributed by atoms with Crippen molar-refractivity contribution in [1.82, 2.24) is 4.90 Å². The molecule has 1 amide bonds. The molecule has 0 atom stereocenters. The predicted molar refractivity (Wildman–Crippen MR) is 66.2 cm³/mol. The summed E-state index contributed by atoms with van der Waals surface area (Å²) in [5.41, 5.74) is 5.54. The second-order valence-electron chi connectivity index (χ2n) is 4.21. The van der Waals surface area contributed by atoms with Gasteiger partial charge in [0, 0.05) is 19.1 Å². The Labute approximate surface area is 99.1 Å². The van der Waals surface area contributed by atoms with Crippen molar-refractivity contribution >= 4 is 5.91 Å². The number of nitrogens with two attached hydrogens (primary N) is 1. The lowest BCUT2D eigenvalue weighted by Crippen LogP contribution is -2.44. The smallest absolute Gasteiger partial charge is 0.248 e. The molecule has 0 saturated heterocycles. The zero-order valence-electron chi connectivity index (χ0n) is 11.0. The highest BCUT2D eigenvalue weighted by molar-refractivity contribution is 5.77. The summed E-state index contributed by atoms with van der Waals surface area (Å²) in [6, 6.07) is 0.284. The Hall–Kier alpha value is -0.610. The van der Waals surface area contributed by atoms with Crippen LogP contribution in [-0.2, 0) is 9.53 Å². The number of carbonyl (C=O) groups excluding carboxylic acids is 1. The van der Waals surface area contributed by atoms with Crippen LogP contribution in [0.25, 0.3) is 0 Å². The zero-order chi connectivity index (χ0) is 12.6. The maximum absolute atomic E-state index is 11.9. The van der Waals surface area contributed by atoms with Gasteiger partial charge in [0.25, 0.3) is 0 Å². The number of amides is 1. The lowest BCUT2D eigenvalue weighted by Gasteiger charge is -2.30. The fourth-order valence-electron chi connectivity index (χ4n) is 1.70. The molecule has 4 heteroatoms. The van der Waals surface area contributed by atoms with Gasteiger partial charge in [-0.1, -0.05) is 13.8 Å². The summed E-state index contributed by atoms with van der Waals surface area (Å²) in [5, 5.41) is 0. The van der Waals surface area contributed by atoms with Gasteiger partial charge < -0.3 is 15.4 Å². The van der Waals surface area contributed by atoms with Gasteiger partial charge in [-0.25, -0.2) is 0 Å². The van der Waals surface area contributed by atoms with E-state index in [0.29, 0.717) is 13.1 Å². The molecule has 16 heavy (non-hydrogen) atoms. The highest BCUT2D eigenvalue weighted by Gasteiger charge is 2.20. The molecule has 0 spiro atoms. The number of nitrogens with zero attached hydrogens (tertiary/aromatic N) is 1. The number of ether oxygens (including phenoxy) is 1. The van der Waals surface area contributed by atoms with Gasteiger partial charge in [0.15, 0.2) is 0 Å². The van der Waals surface area contributed by atoms with Crippen LogP contribution in [0.1, 0.15) is 40.5 Å². The average molecular weight is 230 g/mol. The van der Waals surface area contributed by atoms with E-state index in [9.17, 15) is 4.79 Å². The van der Waals surface area contributed by atoms with Gasteiger partial charge in [-0.3, -0.25) is 4.79 Å². The molecule has 4 nitrogen and oxygen atoms in total. The van der Waals surface area contributed by atoms with Crippen molar-refractivity contribution in [3.63, 3.8) is 0 Å². The van der Waals surface area contributed by atoms with Crippen LogP contribution in [0.3, 0.4) is 0 Å². The fraction of sp³-hybridized carbons (Fsp3) is 0.917. The van der Waals surface area contributed by atoms with Gasteiger partial charge in [0.2, 0.25) is 5.91 Å². The van der Waals surface area contributed by atoms with E-state index in [1.807, 2.05) is 18.7 Å². The van der Waals surface area contributed by atoms with E-state index < -0.39 is 0 Å². The van der Waals surface area contributed by atoms with Gasteiger partial charge in [0.1, 0.15) is 6.61 Å². The van der Waals surface area contributed by atoms with Gasteiger partial charge in [-0.15, -0.1) is 0 Å². The predicted octanol–water partition coefficient (Wildman–Crippen LogP) is 1.39. The first-order chi connectivity index (χ1) is 7.56. The summed E-state index contributed by atoms with van der Waals surface area (Å²) < 4.78 is 5.34. The maximum Gasteiger partial charge on any atom is 0.248 e. The number of hydrogen-bond acceptors (Lipinski definition) is 3. The number of rotatable bonds is 8. The van der Waals surface area contributed by atoms with Gasteiger partial charge in [-0.05, 0) is 26.7 Å². The quantitative estimate of drug-likeness (QED) is 0.685. The summed E-state index contributed by atoms with van der Waals surface area (Å²) >= 11 is 0. The Balaban J connectivity index is 4.32. The maximum atomic E-state index is 11.9. The van der Waals surface area contributed by atoms with Crippen molar-refractivity contribution in [2.24, 2.45) is 5.73 Å². The van der Waals surface area contributed by atoms with Gasteiger partial charge in [-0.2, -0.15) is 0 Å². The fourth-order valence-corrected chi connectivity index (χ4v) is 1.70. The van der Waals surface area contributed by atoms with E-state index in [2.05, 4.69) is 13.8 Å². The monoisotopic (exact) mass is 230 g/mol. The van der Waals surface area contributed by atoms with E-state index in [-0.39, 0.29) is 24.7 Å². The van der Waals surface area contributed by atoms with Crippen molar-refractivity contribution in [2.75, 3.05) is 19.7 Å². The van der Waals surface area contributed by atoms with Crippen molar-refractivity contribution in [1.29, 1.82) is 0 Å². The molecule has 0 rings (SSSR count). The van der Waals surface area contributed by atoms with Crippen molar-refractivity contribution < 1.29 is 9.53 Å². The Bertz CT molecular complexity index is 191. The Morgan fingerprint density at radius 2 is 1.88 bits per heavy atom. The molecule has 0 unspecified atom stereocenters. The third-order valence-corrected chi connectivity index (χ3v) is 2.61. The van der Waals surface area contributed by atoms with Crippen LogP contribution in [0.5, 0.6) is 0 Å². The van der Waals surface area contributed by atoms with E-state index in [0.717, 1.165) is 12.8 Å². The Morgan fingerprint density at radius 1 is 1.31 bits per heavy atom. The van der Waals surface area contributed by atoms with Crippen LogP contribution in [-0.4, -0.2) is 42.6 Å².